The lowest BCUT2D eigenvalue weighted by molar-refractivity contribution is -0.154. The third-order valence-corrected chi connectivity index (χ3v) is 8.06. The van der Waals surface area contributed by atoms with Crippen LogP contribution in [0.15, 0.2) is 109 Å². The Bertz CT molecular complexity index is 1010. The Balaban J connectivity index is 3.59. The molecule has 0 fully saturated rings. The normalized spacial score (nSPS) is 13.5. The van der Waals surface area contributed by atoms with E-state index in [1.54, 1.807) is 0 Å². The van der Waals surface area contributed by atoms with E-state index < -0.39 is 6.10 Å². The zero-order chi connectivity index (χ0) is 37.0. The first-order chi connectivity index (χ1) is 25.2. The van der Waals surface area contributed by atoms with Crippen LogP contribution >= 0.6 is 0 Å². The molecule has 0 radical (unpaired) electrons. The summed E-state index contributed by atoms with van der Waals surface area (Å²) in [5, 5.41) is 9.57. The van der Waals surface area contributed by atoms with Gasteiger partial charge in [0.15, 0.2) is 0 Å². The molecule has 51 heavy (non-hydrogen) atoms. The minimum absolute atomic E-state index is 0.196. The van der Waals surface area contributed by atoms with Gasteiger partial charge >= 0.3 is 5.97 Å². The number of carbonyl (C=O) groups is 1. The summed E-state index contributed by atoms with van der Waals surface area (Å²) in [6.45, 7) is 5.07. The van der Waals surface area contributed by atoms with Crippen molar-refractivity contribution in [2.75, 3.05) is 19.8 Å². The number of aliphatic hydroxyl groups excluding tert-OH is 1. The monoisotopic (exact) mass is 705 g/mol. The molecule has 1 atom stereocenters. The highest BCUT2D eigenvalue weighted by Gasteiger charge is 2.13. The molecule has 0 amide bonds. The molecule has 1 N–H and O–H groups in total. The van der Waals surface area contributed by atoms with Crippen molar-refractivity contribution in [1.82, 2.24) is 0 Å². The average Bonchev–Trinajstić information content (AvgIpc) is 3.14. The summed E-state index contributed by atoms with van der Waals surface area (Å²) in [7, 11) is 0. The van der Waals surface area contributed by atoms with Gasteiger partial charge in [0.25, 0.3) is 0 Å². The second-order valence-electron chi connectivity index (χ2n) is 13.0. The highest BCUT2D eigenvalue weighted by molar-refractivity contribution is 5.69. The zero-order valence-corrected chi connectivity index (χ0v) is 32.8. The second kappa shape index (κ2) is 43.2. The Morgan fingerprint density at radius 2 is 0.882 bits per heavy atom. The number of unbranched alkanes of at least 4 members (excludes halogenated alkanes) is 10. The van der Waals surface area contributed by atoms with Crippen molar-refractivity contribution in [2.45, 2.75) is 161 Å². The lowest BCUT2D eigenvalue weighted by Gasteiger charge is -2.15. The Labute approximate surface area is 315 Å². The Hall–Kier alpha value is -2.95. The van der Waals surface area contributed by atoms with Gasteiger partial charge < -0.3 is 14.6 Å². The van der Waals surface area contributed by atoms with Crippen molar-refractivity contribution in [2.24, 2.45) is 0 Å². The summed E-state index contributed by atoms with van der Waals surface area (Å²) in [5.74, 6) is -0.231. The van der Waals surface area contributed by atoms with E-state index in [1.807, 2.05) is 0 Å². The van der Waals surface area contributed by atoms with Crippen LogP contribution in [-0.4, -0.2) is 37.0 Å². The van der Waals surface area contributed by atoms with Crippen molar-refractivity contribution in [3.8, 4) is 0 Å². The highest BCUT2D eigenvalue weighted by Crippen LogP contribution is 2.10. The largest absolute Gasteiger partial charge is 0.457 e. The number of hydrogen-bond acceptors (Lipinski definition) is 4. The van der Waals surface area contributed by atoms with Crippen molar-refractivity contribution in [3.05, 3.63) is 109 Å². The van der Waals surface area contributed by atoms with E-state index in [0.29, 0.717) is 13.0 Å². The average molecular weight is 705 g/mol. The Morgan fingerprint density at radius 3 is 1.33 bits per heavy atom. The lowest BCUT2D eigenvalue weighted by atomic mass is 10.1. The molecule has 0 spiro atoms. The summed E-state index contributed by atoms with van der Waals surface area (Å²) in [6.07, 6.45) is 62.8. The van der Waals surface area contributed by atoms with E-state index in [9.17, 15) is 9.90 Å². The molecule has 0 aromatic carbocycles. The first-order valence-electron chi connectivity index (χ1n) is 20.5. The van der Waals surface area contributed by atoms with Crippen LogP contribution < -0.4 is 0 Å². The molecule has 0 aliphatic rings. The number of allylic oxidation sites excluding steroid dienone is 18. The van der Waals surface area contributed by atoms with Crippen LogP contribution in [0.3, 0.4) is 0 Å². The summed E-state index contributed by atoms with van der Waals surface area (Å²) in [4.78, 5) is 12.2. The van der Waals surface area contributed by atoms with Gasteiger partial charge in [0.2, 0.25) is 0 Å². The third-order valence-electron chi connectivity index (χ3n) is 8.06. The maximum Gasteiger partial charge on any atom is 0.306 e. The van der Waals surface area contributed by atoms with Gasteiger partial charge in [-0.2, -0.15) is 0 Å². The van der Waals surface area contributed by atoms with E-state index in [4.69, 9.17) is 9.47 Å². The molecular formula is C47H76O4. The SMILES string of the molecule is CC/C=C\C/C=C\C/C=C\C/C=C\C/C=C\C/C=C\C/C=C\CCCCCCOCC(CO)OC(=O)CCCCCCC/C=C\C/C=C\CCC. The maximum absolute atomic E-state index is 12.2. The van der Waals surface area contributed by atoms with Gasteiger partial charge in [0.05, 0.1) is 13.2 Å². The predicted molar refractivity (Wildman–Crippen MR) is 223 cm³/mol. The molecule has 4 heteroatoms. The highest BCUT2D eigenvalue weighted by atomic mass is 16.6. The van der Waals surface area contributed by atoms with Gasteiger partial charge in [-0.05, 0) is 96.3 Å². The molecule has 4 nitrogen and oxygen atoms in total. The number of ether oxygens (including phenoxy) is 2. The molecule has 1 unspecified atom stereocenters. The predicted octanol–water partition coefficient (Wildman–Crippen LogP) is 13.5. The lowest BCUT2D eigenvalue weighted by Crippen LogP contribution is -2.27. The molecule has 0 bridgehead atoms. The van der Waals surface area contributed by atoms with Crippen LogP contribution in [0.1, 0.15) is 155 Å². The first-order valence-corrected chi connectivity index (χ1v) is 20.5. The summed E-state index contributed by atoms with van der Waals surface area (Å²) in [5.41, 5.74) is 0. The zero-order valence-electron chi connectivity index (χ0n) is 32.8. The number of rotatable bonds is 36. The molecule has 0 aliphatic carbocycles. The van der Waals surface area contributed by atoms with E-state index in [0.717, 1.165) is 96.3 Å². The number of carbonyl (C=O) groups excluding carboxylic acids is 1. The van der Waals surface area contributed by atoms with Gasteiger partial charge in [-0.1, -0.05) is 162 Å². The van der Waals surface area contributed by atoms with Gasteiger partial charge in [-0.3, -0.25) is 4.79 Å². The molecule has 0 saturated carbocycles. The summed E-state index contributed by atoms with van der Waals surface area (Å²) in [6, 6.07) is 0. The molecule has 0 aromatic heterocycles. The van der Waals surface area contributed by atoms with Gasteiger partial charge in [0, 0.05) is 13.0 Å². The standard InChI is InChI=1S/C47H76O4/c1-3-5-7-9-11-13-15-17-18-19-20-21-22-23-24-25-26-27-28-29-31-33-35-37-39-41-43-50-45-46(44-48)51-47(49)42-40-38-36-34-32-30-16-14-12-10-8-6-4-2/h5,7-8,10-11,13-14,16-18,20-21,23-24,26-27,29,31,46,48H,3-4,6,9,12,15,19,22,25,28,30,32-45H2,1-2H3/b7-5-,10-8-,13-11-,16-14-,18-17-,21-20-,24-23-,27-26-,31-29-. The summed E-state index contributed by atoms with van der Waals surface area (Å²) < 4.78 is 11.1. The molecule has 0 aliphatic heterocycles. The molecule has 0 aromatic rings. The Morgan fingerprint density at radius 1 is 0.490 bits per heavy atom. The van der Waals surface area contributed by atoms with Crippen LogP contribution in [0.25, 0.3) is 0 Å². The molecule has 0 saturated heterocycles. The maximum atomic E-state index is 12.2. The van der Waals surface area contributed by atoms with Crippen molar-refractivity contribution >= 4 is 5.97 Å². The first kappa shape index (κ1) is 48.0. The summed E-state index contributed by atoms with van der Waals surface area (Å²) >= 11 is 0. The fourth-order valence-electron chi connectivity index (χ4n) is 5.05. The number of esters is 1. The van der Waals surface area contributed by atoms with E-state index in [-0.39, 0.29) is 19.2 Å². The molecule has 0 rings (SSSR count). The number of hydrogen-bond donors (Lipinski definition) is 1. The minimum Gasteiger partial charge on any atom is -0.457 e. The molecule has 0 heterocycles. The number of aliphatic hydroxyl groups is 1. The topological polar surface area (TPSA) is 55.8 Å². The van der Waals surface area contributed by atoms with Crippen LogP contribution in [0.4, 0.5) is 0 Å². The van der Waals surface area contributed by atoms with Crippen LogP contribution in [0.2, 0.25) is 0 Å². The third kappa shape index (κ3) is 41.4. The molecule has 288 valence electrons. The fraction of sp³-hybridized carbons (Fsp3) is 0.596. The van der Waals surface area contributed by atoms with Crippen molar-refractivity contribution in [3.63, 3.8) is 0 Å². The van der Waals surface area contributed by atoms with Gasteiger partial charge in [-0.25, -0.2) is 0 Å². The fourth-order valence-corrected chi connectivity index (χ4v) is 5.05. The van der Waals surface area contributed by atoms with Crippen molar-refractivity contribution < 1.29 is 19.4 Å². The van der Waals surface area contributed by atoms with E-state index in [2.05, 4.69) is 123 Å². The van der Waals surface area contributed by atoms with E-state index in [1.165, 1.54) is 38.5 Å². The Kier molecular flexibility index (Phi) is 40.7. The molecular weight excluding hydrogens is 629 g/mol. The smallest absolute Gasteiger partial charge is 0.306 e. The van der Waals surface area contributed by atoms with Gasteiger partial charge in [0.1, 0.15) is 6.10 Å². The quantitative estimate of drug-likeness (QED) is 0.0401. The van der Waals surface area contributed by atoms with E-state index >= 15 is 0 Å². The van der Waals surface area contributed by atoms with Gasteiger partial charge in [-0.15, -0.1) is 0 Å². The second-order valence-corrected chi connectivity index (χ2v) is 13.0. The van der Waals surface area contributed by atoms with Crippen LogP contribution in [0, 0.1) is 0 Å². The minimum atomic E-state index is -0.563. The van der Waals surface area contributed by atoms with Crippen LogP contribution in [0.5, 0.6) is 0 Å². The van der Waals surface area contributed by atoms with Crippen LogP contribution in [-0.2, 0) is 14.3 Å². The van der Waals surface area contributed by atoms with Crippen molar-refractivity contribution in [1.29, 1.82) is 0 Å².